The smallest absolute Gasteiger partial charge is 0.267 e. The molecule has 6 nitrogen and oxygen atoms in total. The van der Waals surface area contributed by atoms with Crippen molar-refractivity contribution in [3.63, 3.8) is 0 Å². The van der Waals surface area contributed by atoms with Crippen LogP contribution in [0.5, 0.6) is 0 Å². The number of aromatic nitrogens is 1. The van der Waals surface area contributed by atoms with Crippen LogP contribution < -0.4 is 11.1 Å². The van der Waals surface area contributed by atoms with E-state index in [0.29, 0.717) is 12.3 Å². The summed E-state index contributed by atoms with van der Waals surface area (Å²) in [5, 5.41) is 2.70. The first-order valence-corrected chi connectivity index (χ1v) is 5.85. The summed E-state index contributed by atoms with van der Waals surface area (Å²) in [6, 6.07) is 3.06. The van der Waals surface area contributed by atoms with E-state index in [0.717, 1.165) is 19.3 Å². The minimum atomic E-state index is -0.594. The number of primary amides is 1. The highest BCUT2D eigenvalue weighted by Crippen LogP contribution is 2.15. The lowest BCUT2D eigenvalue weighted by molar-refractivity contribution is -0.129. The Morgan fingerprint density at radius 3 is 2.78 bits per heavy atom. The number of ether oxygens (including phenoxy) is 1. The molecule has 3 N–H and O–H groups in total. The van der Waals surface area contributed by atoms with Gasteiger partial charge in [-0.3, -0.25) is 9.59 Å². The SMILES string of the molecule is NC(=O)c1ccc(NC(=O)C2CCCCO2)cn1. The van der Waals surface area contributed by atoms with Gasteiger partial charge in [0.05, 0.1) is 11.9 Å². The molecular formula is C12H15N3O3. The molecule has 1 aromatic rings. The van der Waals surface area contributed by atoms with Gasteiger partial charge in [-0.1, -0.05) is 0 Å². The summed E-state index contributed by atoms with van der Waals surface area (Å²) in [5.74, 6) is -0.771. The fraction of sp³-hybridized carbons (Fsp3) is 0.417. The molecule has 0 spiro atoms. The zero-order chi connectivity index (χ0) is 13.0. The number of nitrogens with zero attached hydrogens (tertiary/aromatic N) is 1. The third-order valence-electron chi connectivity index (χ3n) is 2.76. The number of pyridine rings is 1. The van der Waals surface area contributed by atoms with Gasteiger partial charge >= 0.3 is 0 Å². The summed E-state index contributed by atoms with van der Waals surface area (Å²) in [5.41, 5.74) is 5.77. The van der Waals surface area contributed by atoms with E-state index in [1.54, 1.807) is 6.07 Å². The van der Waals surface area contributed by atoms with Crippen molar-refractivity contribution in [3.05, 3.63) is 24.0 Å². The average Bonchev–Trinajstić information content (AvgIpc) is 2.40. The quantitative estimate of drug-likeness (QED) is 0.823. The Balaban J connectivity index is 1.96. The monoisotopic (exact) mass is 249 g/mol. The second-order valence-corrected chi connectivity index (χ2v) is 4.14. The van der Waals surface area contributed by atoms with E-state index >= 15 is 0 Å². The minimum Gasteiger partial charge on any atom is -0.368 e. The lowest BCUT2D eigenvalue weighted by Gasteiger charge is -2.21. The van der Waals surface area contributed by atoms with Crippen LogP contribution in [-0.4, -0.2) is 29.5 Å². The van der Waals surface area contributed by atoms with Crippen LogP contribution in [0.2, 0.25) is 0 Å². The van der Waals surface area contributed by atoms with E-state index in [1.165, 1.54) is 12.3 Å². The number of anilines is 1. The molecule has 18 heavy (non-hydrogen) atoms. The Bertz CT molecular complexity index is 438. The van der Waals surface area contributed by atoms with Crippen molar-refractivity contribution in [2.75, 3.05) is 11.9 Å². The highest BCUT2D eigenvalue weighted by atomic mass is 16.5. The van der Waals surface area contributed by atoms with Gasteiger partial charge in [-0.2, -0.15) is 0 Å². The molecule has 1 unspecified atom stereocenters. The molecule has 0 bridgehead atoms. The fourth-order valence-electron chi connectivity index (χ4n) is 1.78. The molecule has 0 aliphatic carbocycles. The number of nitrogens with two attached hydrogens (primary N) is 1. The molecule has 1 fully saturated rings. The highest BCUT2D eigenvalue weighted by molar-refractivity contribution is 5.95. The van der Waals surface area contributed by atoms with Crippen LogP contribution in [0.25, 0.3) is 0 Å². The number of hydrogen-bond acceptors (Lipinski definition) is 4. The van der Waals surface area contributed by atoms with Crippen molar-refractivity contribution < 1.29 is 14.3 Å². The predicted molar refractivity (Wildman–Crippen MR) is 65.0 cm³/mol. The standard InChI is InChI=1S/C12H15N3O3/c13-11(16)9-5-4-8(7-14-9)15-12(17)10-3-1-2-6-18-10/h4-5,7,10H,1-3,6H2,(H2,13,16)(H,15,17). The van der Waals surface area contributed by atoms with Crippen LogP contribution in [-0.2, 0) is 9.53 Å². The number of carbonyl (C=O) groups is 2. The topological polar surface area (TPSA) is 94.3 Å². The molecule has 96 valence electrons. The summed E-state index contributed by atoms with van der Waals surface area (Å²) >= 11 is 0. The maximum Gasteiger partial charge on any atom is 0.267 e. The van der Waals surface area contributed by atoms with Crippen LogP contribution in [0.3, 0.4) is 0 Å². The normalized spacial score (nSPS) is 19.2. The van der Waals surface area contributed by atoms with Gasteiger partial charge < -0.3 is 15.8 Å². The zero-order valence-corrected chi connectivity index (χ0v) is 9.89. The molecule has 2 rings (SSSR count). The molecule has 2 amide bonds. The van der Waals surface area contributed by atoms with Crippen LogP contribution in [0.1, 0.15) is 29.8 Å². The Hall–Kier alpha value is -1.95. The van der Waals surface area contributed by atoms with Crippen LogP contribution >= 0.6 is 0 Å². The second kappa shape index (κ2) is 5.59. The van der Waals surface area contributed by atoms with E-state index in [2.05, 4.69) is 10.3 Å². The molecule has 0 saturated carbocycles. The highest BCUT2D eigenvalue weighted by Gasteiger charge is 2.21. The summed E-state index contributed by atoms with van der Waals surface area (Å²) in [6.07, 6.45) is 3.74. The number of nitrogens with one attached hydrogen (secondary N) is 1. The first-order valence-electron chi connectivity index (χ1n) is 5.85. The zero-order valence-electron chi connectivity index (χ0n) is 9.89. The van der Waals surface area contributed by atoms with Crippen molar-refractivity contribution >= 4 is 17.5 Å². The Morgan fingerprint density at radius 1 is 1.39 bits per heavy atom. The largest absolute Gasteiger partial charge is 0.368 e. The second-order valence-electron chi connectivity index (χ2n) is 4.14. The first-order chi connectivity index (χ1) is 8.66. The van der Waals surface area contributed by atoms with Crippen molar-refractivity contribution in [3.8, 4) is 0 Å². The van der Waals surface area contributed by atoms with Gasteiger partial charge in [0.2, 0.25) is 0 Å². The molecule has 1 aliphatic heterocycles. The van der Waals surface area contributed by atoms with Gasteiger partial charge in [-0.05, 0) is 31.4 Å². The van der Waals surface area contributed by atoms with Crippen LogP contribution in [0.15, 0.2) is 18.3 Å². The summed E-state index contributed by atoms with van der Waals surface area (Å²) in [7, 11) is 0. The number of amides is 2. The molecule has 1 saturated heterocycles. The molecule has 1 aromatic heterocycles. The lowest BCUT2D eigenvalue weighted by atomic mass is 10.1. The van der Waals surface area contributed by atoms with Gasteiger partial charge in [0.25, 0.3) is 11.8 Å². The maximum absolute atomic E-state index is 11.8. The average molecular weight is 249 g/mol. The van der Waals surface area contributed by atoms with Gasteiger partial charge in [0.15, 0.2) is 0 Å². The first kappa shape index (κ1) is 12.5. The Labute approximate surface area is 105 Å². The van der Waals surface area contributed by atoms with Gasteiger partial charge in [0.1, 0.15) is 11.8 Å². The molecule has 0 aromatic carbocycles. The molecule has 0 radical (unpaired) electrons. The lowest BCUT2D eigenvalue weighted by Crippen LogP contribution is -2.33. The van der Waals surface area contributed by atoms with Crippen LogP contribution in [0.4, 0.5) is 5.69 Å². The van der Waals surface area contributed by atoms with E-state index in [4.69, 9.17) is 10.5 Å². The predicted octanol–water partition coefficient (Wildman–Crippen LogP) is 0.688. The van der Waals surface area contributed by atoms with Crippen molar-refractivity contribution in [1.82, 2.24) is 4.98 Å². The molecule has 2 heterocycles. The van der Waals surface area contributed by atoms with E-state index in [1.807, 2.05) is 0 Å². The third-order valence-corrected chi connectivity index (χ3v) is 2.76. The molecule has 6 heteroatoms. The third kappa shape index (κ3) is 3.04. The van der Waals surface area contributed by atoms with Crippen LogP contribution in [0, 0.1) is 0 Å². The van der Waals surface area contributed by atoms with Gasteiger partial charge in [0, 0.05) is 6.61 Å². The Morgan fingerprint density at radius 2 is 2.22 bits per heavy atom. The summed E-state index contributed by atoms with van der Waals surface area (Å²) in [6.45, 7) is 0.622. The summed E-state index contributed by atoms with van der Waals surface area (Å²) < 4.78 is 5.37. The molecular weight excluding hydrogens is 234 g/mol. The number of carbonyl (C=O) groups excluding carboxylic acids is 2. The van der Waals surface area contributed by atoms with E-state index < -0.39 is 12.0 Å². The molecule has 1 atom stereocenters. The fourth-order valence-corrected chi connectivity index (χ4v) is 1.78. The Kier molecular flexibility index (Phi) is 3.88. The van der Waals surface area contributed by atoms with Crippen molar-refractivity contribution in [2.45, 2.75) is 25.4 Å². The van der Waals surface area contributed by atoms with Gasteiger partial charge in [-0.25, -0.2) is 4.98 Å². The van der Waals surface area contributed by atoms with Crippen molar-refractivity contribution in [2.24, 2.45) is 5.73 Å². The minimum absolute atomic E-state index is 0.168. The summed E-state index contributed by atoms with van der Waals surface area (Å²) in [4.78, 5) is 26.5. The van der Waals surface area contributed by atoms with Crippen molar-refractivity contribution in [1.29, 1.82) is 0 Å². The van der Waals surface area contributed by atoms with E-state index in [9.17, 15) is 9.59 Å². The maximum atomic E-state index is 11.8. The number of rotatable bonds is 3. The number of hydrogen-bond donors (Lipinski definition) is 2. The van der Waals surface area contributed by atoms with E-state index in [-0.39, 0.29) is 11.6 Å². The van der Waals surface area contributed by atoms with Gasteiger partial charge in [-0.15, -0.1) is 0 Å². The molecule has 1 aliphatic rings.